The number of nitrogens with one attached hydrogen (secondary N) is 1. The zero-order valence-electron chi connectivity index (χ0n) is 14.8. The Morgan fingerprint density at radius 2 is 1.79 bits per heavy atom. The molecule has 0 spiro atoms. The molecule has 0 aliphatic carbocycles. The summed E-state index contributed by atoms with van der Waals surface area (Å²) in [5.74, 6) is -0.0892. The van der Waals surface area contributed by atoms with Gasteiger partial charge in [0, 0.05) is 19.3 Å². The fourth-order valence-corrected chi connectivity index (χ4v) is 2.74. The maximum absolute atomic E-state index is 12.5. The van der Waals surface area contributed by atoms with Gasteiger partial charge in [-0.3, -0.25) is 9.78 Å². The van der Waals surface area contributed by atoms with Crippen LogP contribution in [0.15, 0.2) is 48.8 Å². The first-order valence-corrected chi connectivity index (χ1v) is 8.71. The summed E-state index contributed by atoms with van der Waals surface area (Å²) in [6.45, 7) is 8.26. The molecule has 2 rings (SSSR count). The topological polar surface area (TPSA) is 45.2 Å². The number of aromatic nitrogens is 1. The van der Waals surface area contributed by atoms with Crippen molar-refractivity contribution >= 4 is 11.6 Å². The summed E-state index contributed by atoms with van der Waals surface area (Å²) >= 11 is 0. The molecule has 1 N–H and O–H groups in total. The molecule has 0 radical (unpaired) electrons. The summed E-state index contributed by atoms with van der Waals surface area (Å²) in [4.78, 5) is 19.1. The number of pyridine rings is 1. The number of rotatable bonds is 8. The molecule has 1 unspecified atom stereocenters. The molecule has 1 heterocycles. The van der Waals surface area contributed by atoms with Crippen LogP contribution in [0.1, 0.15) is 55.6 Å². The minimum Gasteiger partial charge on any atom is -0.370 e. The Balaban J connectivity index is 2.11. The van der Waals surface area contributed by atoms with Crippen LogP contribution < -0.4 is 10.2 Å². The second-order valence-electron chi connectivity index (χ2n) is 6.02. The van der Waals surface area contributed by atoms with Crippen molar-refractivity contribution in [3.8, 4) is 0 Å². The van der Waals surface area contributed by atoms with E-state index in [4.69, 9.17) is 0 Å². The van der Waals surface area contributed by atoms with E-state index in [9.17, 15) is 4.79 Å². The molecule has 0 fully saturated rings. The minimum absolute atomic E-state index is 0.0373. The zero-order valence-corrected chi connectivity index (χ0v) is 14.8. The first kappa shape index (κ1) is 18.0. The highest BCUT2D eigenvalue weighted by Gasteiger charge is 2.13. The summed E-state index contributed by atoms with van der Waals surface area (Å²) in [5.41, 5.74) is 2.71. The van der Waals surface area contributed by atoms with Gasteiger partial charge in [-0.15, -0.1) is 0 Å². The number of hydrogen-bond acceptors (Lipinski definition) is 3. The first-order chi connectivity index (χ1) is 11.7. The van der Waals surface area contributed by atoms with E-state index >= 15 is 0 Å². The lowest BCUT2D eigenvalue weighted by Gasteiger charge is -2.24. The number of hydrogen-bond donors (Lipinski definition) is 1. The lowest BCUT2D eigenvalue weighted by atomic mass is 10.1. The highest BCUT2D eigenvalue weighted by atomic mass is 16.1. The van der Waals surface area contributed by atoms with E-state index in [2.05, 4.69) is 29.0 Å². The Hall–Kier alpha value is -2.36. The molecule has 4 nitrogen and oxygen atoms in total. The maximum atomic E-state index is 12.5. The van der Waals surface area contributed by atoms with E-state index in [1.165, 1.54) is 0 Å². The van der Waals surface area contributed by atoms with E-state index in [1.54, 1.807) is 6.20 Å². The first-order valence-electron chi connectivity index (χ1n) is 8.71. The molecule has 1 aromatic heterocycles. The third kappa shape index (κ3) is 4.82. The van der Waals surface area contributed by atoms with Crippen molar-refractivity contribution in [1.82, 2.24) is 10.3 Å². The quantitative estimate of drug-likeness (QED) is 0.791. The SMILES string of the molecule is CCCN(CCC)c1cncc(C(=O)NC(C)c2ccccc2)c1. The highest BCUT2D eigenvalue weighted by molar-refractivity contribution is 5.95. The molecule has 0 aliphatic heterocycles. The van der Waals surface area contributed by atoms with Crippen LogP contribution >= 0.6 is 0 Å². The fraction of sp³-hybridized carbons (Fsp3) is 0.400. The highest BCUT2D eigenvalue weighted by Crippen LogP contribution is 2.17. The zero-order chi connectivity index (χ0) is 17.4. The summed E-state index contributed by atoms with van der Waals surface area (Å²) < 4.78 is 0. The molecular formula is C20H27N3O. The van der Waals surface area contributed by atoms with Gasteiger partial charge >= 0.3 is 0 Å². The second kappa shape index (κ2) is 9.06. The lowest BCUT2D eigenvalue weighted by molar-refractivity contribution is 0.0939. The molecule has 1 atom stereocenters. The van der Waals surface area contributed by atoms with Crippen molar-refractivity contribution in [3.63, 3.8) is 0 Å². The summed E-state index contributed by atoms with van der Waals surface area (Å²) in [6.07, 6.45) is 5.61. The second-order valence-corrected chi connectivity index (χ2v) is 6.02. The summed E-state index contributed by atoms with van der Waals surface area (Å²) in [5, 5.41) is 3.05. The molecule has 0 saturated heterocycles. The van der Waals surface area contributed by atoms with Crippen molar-refractivity contribution in [1.29, 1.82) is 0 Å². The van der Waals surface area contributed by atoms with Gasteiger partial charge in [-0.1, -0.05) is 44.2 Å². The Morgan fingerprint density at radius 3 is 2.42 bits per heavy atom. The average Bonchev–Trinajstić information content (AvgIpc) is 2.62. The van der Waals surface area contributed by atoms with Gasteiger partial charge in [-0.2, -0.15) is 0 Å². The molecule has 1 amide bonds. The standard InChI is InChI=1S/C20H27N3O/c1-4-11-23(12-5-2)19-13-18(14-21-15-19)20(24)22-16(3)17-9-7-6-8-10-17/h6-10,13-16H,4-5,11-12H2,1-3H3,(H,22,24). The van der Waals surface area contributed by atoms with Crippen LogP contribution in [0.2, 0.25) is 0 Å². The van der Waals surface area contributed by atoms with Crippen molar-refractivity contribution in [2.45, 2.75) is 39.7 Å². The predicted molar refractivity (Wildman–Crippen MR) is 99.4 cm³/mol. The van der Waals surface area contributed by atoms with Crippen LogP contribution in [0.5, 0.6) is 0 Å². The molecule has 1 aromatic carbocycles. The largest absolute Gasteiger partial charge is 0.370 e. The normalized spacial score (nSPS) is 11.8. The van der Waals surface area contributed by atoms with Crippen molar-refractivity contribution in [2.75, 3.05) is 18.0 Å². The van der Waals surface area contributed by atoms with Crippen molar-refractivity contribution < 1.29 is 4.79 Å². The van der Waals surface area contributed by atoms with Crippen LogP contribution in [0.4, 0.5) is 5.69 Å². The van der Waals surface area contributed by atoms with Gasteiger partial charge in [0.25, 0.3) is 5.91 Å². The maximum Gasteiger partial charge on any atom is 0.253 e. The van der Waals surface area contributed by atoms with E-state index in [0.717, 1.165) is 37.2 Å². The van der Waals surface area contributed by atoms with Gasteiger partial charge in [-0.25, -0.2) is 0 Å². The van der Waals surface area contributed by atoms with Crippen LogP contribution in [-0.2, 0) is 0 Å². The van der Waals surface area contributed by atoms with E-state index in [0.29, 0.717) is 5.56 Å². The Labute approximate surface area is 144 Å². The Bertz CT molecular complexity index is 636. The molecule has 0 saturated carbocycles. The van der Waals surface area contributed by atoms with Gasteiger partial charge in [0.2, 0.25) is 0 Å². The van der Waals surface area contributed by atoms with Crippen molar-refractivity contribution in [3.05, 3.63) is 59.9 Å². The number of carbonyl (C=O) groups is 1. The number of nitrogens with zero attached hydrogens (tertiary/aromatic N) is 2. The van der Waals surface area contributed by atoms with Gasteiger partial charge in [0.1, 0.15) is 0 Å². The number of amides is 1. The van der Waals surface area contributed by atoms with Crippen LogP contribution in [-0.4, -0.2) is 24.0 Å². The van der Waals surface area contributed by atoms with Crippen molar-refractivity contribution in [2.24, 2.45) is 0 Å². The van der Waals surface area contributed by atoms with E-state index in [1.807, 2.05) is 49.5 Å². The molecule has 0 aliphatic rings. The lowest BCUT2D eigenvalue weighted by Crippen LogP contribution is -2.28. The monoisotopic (exact) mass is 325 g/mol. The Morgan fingerprint density at radius 1 is 1.12 bits per heavy atom. The molecule has 4 heteroatoms. The smallest absolute Gasteiger partial charge is 0.253 e. The molecule has 24 heavy (non-hydrogen) atoms. The number of anilines is 1. The van der Waals surface area contributed by atoms with E-state index < -0.39 is 0 Å². The van der Waals surface area contributed by atoms with Gasteiger partial charge in [-0.05, 0) is 31.4 Å². The van der Waals surface area contributed by atoms with Crippen LogP contribution in [0.3, 0.4) is 0 Å². The number of benzene rings is 1. The molecule has 0 bridgehead atoms. The third-order valence-corrected chi connectivity index (χ3v) is 3.99. The molecule has 128 valence electrons. The average molecular weight is 325 g/mol. The van der Waals surface area contributed by atoms with Gasteiger partial charge in [0.15, 0.2) is 0 Å². The molecular weight excluding hydrogens is 298 g/mol. The summed E-state index contributed by atoms with van der Waals surface area (Å²) in [6, 6.07) is 11.9. The number of carbonyl (C=O) groups excluding carboxylic acids is 1. The van der Waals surface area contributed by atoms with E-state index in [-0.39, 0.29) is 11.9 Å². The fourth-order valence-electron chi connectivity index (χ4n) is 2.74. The van der Waals surface area contributed by atoms with Gasteiger partial charge in [0.05, 0.1) is 23.5 Å². The summed E-state index contributed by atoms with van der Waals surface area (Å²) in [7, 11) is 0. The third-order valence-electron chi connectivity index (χ3n) is 3.99. The van der Waals surface area contributed by atoms with Crippen LogP contribution in [0.25, 0.3) is 0 Å². The Kier molecular flexibility index (Phi) is 6.79. The molecule has 2 aromatic rings. The predicted octanol–water partition coefficient (Wildman–Crippen LogP) is 4.20. The minimum atomic E-state index is -0.0892. The van der Waals surface area contributed by atoms with Crippen LogP contribution in [0, 0.1) is 0 Å². The van der Waals surface area contributed by atoms with Gasteiger partial charge < -0.3 is 10.2 Å².